The van der Waals surface area contributed by atoms with Crippen molar-refractivity contribution in [3.63, 3.8) is 0 Å². The molecule has 4 heteroatoms. The van der Waals surface area contributed by atoms with Crippen LogP contribution < -0.4 is 11.1 Å². The molecule has 4 fully saturated rings. The van der Waals surface area contributed by atoms with Crippen LogP contribution in [0, 0.1) is 0 Å². The molecule has 2 bridgehead atoms. The molecule has 3 heterocycles. The van der Waals surface area contributed by atoms with Crippen LogP contribution in [-0.4, -0.2) is 41.5 Å². The molecule has 0 atom stereocenters. The standard InChI is InChI=1S/C8H14N2O2/c9-7-1-6(2-7,5-11)12-8(7)3-10-4-8/h10-11H,1-5,9H2. The Kier molecular flexibility index (Phi) is 1.03. The molecule has 4 rings (SSSR count). The molecular formula is C8H14N2O2. The van der Waals surface area contributed by atoms with Gasteiger partial charge in [0.15, 0.2) is 0 Å². The molecular weight excluding hydrogens is 156 g/mol. The Morgan fingerprint density at radius 1 is 1.42 bits per heavy atom. The molecule has 4 N–H and O–H groups in total. The van der Waals surface area contributed by atoms with Crippen molar-refractivity contribution in [3.8, 4) is 0 Å². The Labute approximate surface area is 71.1 Å². The minimum absolute atomic E-state index is 0.119. The third-order valence-corrected chi connectivity index (χ3v) is 3.70. The first-order valence-electron chi connectivity index (χ1n) is 4.45. The van der Waals surface area contributed by atoms with E-state index in [-0.39, 0.29) is 23.3 Å². The second kappa shape index (κ2) is 1.70. The first-order valence-corrected chi connectivity index (χ1v) is 4.45. The van der Waals surface area contributed by atoms with Crippen LogP contribution in [0.5, 0.6) is 0 Å². The summed E-state index contributed by atoms with van der Waals surface area (Å²) in [6.45, 7) is 1.82. The van der Waals surface area contributed by atoms with Crippen molar-refractivity contribution < 1.29 is 9.84 Å². The summed E-state index contributed by atoms with van der Waals surface area (Å²) in [7, 11) is 0. The van der Waals surface area contributed by atoms with Gasteiger partial charge in [0.25, 0.3) is 0 Å². The Hall–Kier alpha value is -0.160. The summed E-state index contributed by atoms with van der Waals surface area (Å²) in [5, 5.41) is 12.3. The summed E-state index contributed by atoms with van der Waals surface area (Å²) in [6.07, 6.45) is 1.66. The topological polar surface area (TPSA) is 67.5 Å². The SMILES string of the molecule is NC12CC(CO)(C1)OC21CNC1. The molecule has 0 unspecified atom stereocenters. The van der Waals surface area contributed by atoms with Crippen molar-refractivity contribution in [2.75, 3.05) is 19.7 Å². The van der Waals surface area contributed by atoms with Crippen LogP contribution in [0.2, 0.25) is 0 Å². The van der Waals surface area contributed by atoms with Gasteiger partial charge < -0.3 is 20.9 Å². The summed E-state index contributed by atoms with van der Waals surface area (Å²) < 4.78 is 5.86. The van der Waals surface area contributed by atoms with E-state index in [9.17, 15) is 0 Å². The largest absolute Gasteiger partial charge is 0.393 e. The molecule has 1 saturated carbocycles. The normalized spacial score (nSPS) is 53.5. The van der Waals surface area contributed by atoms with Gasteiger partial charge in [-0.25, -0.2) is 0 Å². The predicted octanol–water partition coefficient (Wildman–Crippen LogP) is -1.42. The van der Waals surface area contributed by atoms with Crippen molar-refractivity contribution in [2.45, 2.75) is 29.6 Å². The van der Waals surface area contributed by atoms with E-state index in [0.717, 1.165) is 25.9 Å². The molecule has 3 saturated heterocycles. The second-order valence-corrected chi connectivity index (χ2v) is 4.55. The van der Waals surface area contributed by atoms with Gasteiger partial charge >= 0.3 is 0 Å². The highest BCUT2D eigenvalue weighted by atomic mass is 16.6. The predicted molar refractivity (Wildman–Crippen MR) is 42.7 cm³/mol. The fourth-order valence-corrected chi connectivity index (χ4v) is 2.93. The number of hydrogen-bond donors (Lipinski definition) is 3. The maximum Gasteiger partial charge on any atom is 0.112 e. The van der Waals surface area contributed by atoms with Crippen molar-refractivity contribution in [1.29, 1.82) is 0 Å². The summed E-state index contributed by atoms with van der Waals surface area (Å²) in [4.78, 5) is 0. The highest BCUT2D eigenvalue weighted by Gasteiger charge is 2.74. The van der Waals surface area contributed by atoms with E-state index < -0.39 is 0 Å². The van der Waals surface area contributed by atoms with Gasteiger partial charge in [-0.05, 0) is 12.8 Å². The molecule has 4 nitrogen and oxygen atoms in total. The molecule has 0 aromatic rings. The number of rotatable bonds is 1. The smallest absolute Gasteiger partial charge is 0.112 e. The zero-order valence-electron chi connectivity index (χ0n) is 6.97. The van der Waals surface area contributed by atoms with Crippen LogP contribution >= 0.6 is 0 Å². The van der Waals surface area contributed by atoms with Crippen LogP contribution in [0.4, 0.5) is 0 Å². The van der Waals surface area contributed by atoms with E-state index in [1.54, 1.807) is 0 Å². The van der Waals surface area contributed by atoms with E-state index in [0.29, 0.717) is 0 Å². The lowest BCUT2D eigenvalue weighted by atomic mass is 9.61. The fourth-order valence-electron chi connectivity index (χ4n) is 2.93. The van der Waals surface area contributed by atoms with Gasteiger partial charge in [0, 0.05) is 13.1 Å². The number of hydrogen-bond acceptors (Lipinski definition) is 4. The average molecular weight is 170 g/mol. The molecule has 68 valence electrons. The van der Waals surface area contributed by atoms with Crippen LogP contribution in [0.3, 0.4) is 0 Å². The van der Waals surface area contributed by atoms with Crippen LogP contribution in [0.1, 0.15) is 12.8 Å². The molecule has 1 spiro atoms. The number of aliphatic hydroxyl groups excluding tert-OH is 1. The van der Waals surface area contributed by atoms with Crippen molar-refractivity contribution in [3.05, 3.63) is 0 Å². The lowest BCUT2D eigenvalue weighted by molar-refractivity contribution is -0.114. The Morgan fingerprint density at radius 2 is 2.08 bits per heavy atom. The Balaban J connectivity index is 1.92. The second-order valence-electron chi connectivity index (χ2n) is 4.55. The molecule has 4 aliphatic rings. The molecule has 0 amide bonds. The summed E-state index contributed by atoms with van der Waals surface area (Å²) >= 11 is 0. The quantitative estimate of drug-likeness (QED) is 0.452. The van der Waals surface area contributed by atoms with E-state index in [2.05, 4.69) is 5.32 Å². The number of nitrogens with one attached hydrogen (secondary N) is 1. The van der Waals surface area contributed by atoms with Crippen molar-refractivity contribution in [1.82, 2.24) is 5.32 Å². The fraction of sp³-hybridized carbons (Fsp3) is 1.00. The van der Waals surface area contributed by atoms with Gasteiger partial charge in [-0.3, -0.25) is 0 Å². The van der Waals surface area contributed by atoms with Gasteiger partial charge in [-0.1, -0.05) is 0 Å². The van der Waals surface area contributed by atoms with E-state index in [4.69, 9.17) is 15.6 Å². The maximum absolute atomic E-state index is 9.13. The summed E-state index contributed by atoms with van der Waals surface area (Å²) in [5.74, 6) is 0. The van der Waals surface area contributed by atoms with E-state index in [1.807, 2.05) is 0 Å². The van der Waals surface area contributed by atoms with Crippen molar-refractivity contribution in [2.24, 2.45) is 5.73 Å². The third-order valence-electron chi connectivity index (χ3n) is 3.70. The first kappa shape index (κ1) is 7.26. The average Bonchev–Trinajstić information content (AvgIpc) is 2.31. The maximum atomic E-state index is 9.13. The van der Waals surface area contributed by atoms with E-state index >= 15 is 0 Å². The number of ether oxygens (including phenoxy) is 1. The van der Waals surface area contributed by atoms with Gasteiger partial charge in [0.2, 0.25) is 0 Å². The number of nitrogens with two attached hydrogens (primary N) is 1. The van der Waals surface area contributed by atoms with Crippen LogP contribution in [0.15, 0.2) is 0 Å². The molecule has 12 heavy (non-hydrogen) atoms. The minimum atomic E-state index is -0.281. The van der Waals surface area contributed by atoms with E-state index in [1.165, 1.54) is 0 Å². The zero-order chi connectivity index (χ0) is 8.45. The Bertz CT molecular complexity index is 231. The summed E-state index contributed by atoms with van der Waals surface area (Å²) in [6, 6.07) is 0. The monoisotopic (exact) mass is 170 g/mol. The lowest BCUT2D eigenvalue weighted by Gasteiger charge is -2.48. The molecule has 1 aliphatic carbocycles. The number of aliphatic hydroxyl groups is 1. The molecule has 0 aromatic heterocycles. The van der Waals surface area contributed by atoms with Gasteiger partial charge in [-0.2, -0.15) is 0 Å². The highest BCUT2D eigenvalue weighted by molar-refractivity contribution is 5.30. The third kappa shape index (κ3) is 0.537. The highest BCUT2D eigenvalue weighted by Crippen LogP contribution is 2.60. The molecule has 0 radical (unpaired) electrons. The summed E-state index contributed by atoms with van der Waals surface area (Å²) in [5.41, 5.74) is 5.59. The Morgan fingerprint density at radius 3 is 2.33 bits per heavy atom. The van der Waals surface area contributed by atoms with Gasteiger partial charge in [-0.15, -0.1) is 0 Å². The lowest BCUT2D eigenvalue weighted by Crippen LogP contribution is -2.73. The first-order chi connectivity index (χ1) is 5.64. The zero-order valence-corrected chi connectivity index (χ0v) is 6.97. The van der Waals surface area contributed by atoms with Gasteiger partial charge in [0.05, 0.1) is 17.7 Å². The molecule has 0 aromatic carbocycles. The van der Waals surface area contributed by atoms with Crippen molar-refractivity contribution >= 4 is 0 Å². The van der Waals surface area contributed by atoms with Gasteiger partial charge in [0.1, 0.15) is 5.60 Å². The molecule has 3 aliphatic heterocycles. The van der Waals surface area contributed by atoms with Crippen LogP contribution in [-0.2, 0) is 4.74 Å². The van der Waals surface area contributed by atoms with Crippen LogP contribution in [0.25, 0.3) is 0 Å². The minimum Gasteiger partial charge on any atom is -0.393 e.